The highest BCUT2D eigenvalue weighted by Crippen LogP contribution is 1.97. The zero-order valence-corrected chi connectivity index (χ0v) is 9.96. The van der Waals surface area contributed by atoms with Gasteiger partial charge in [-0.25, -0.2) is 4.68 Å². The number of hydrogen-bond donors (Lipinski definition) is 1. The normalized spacial score (nSPS) is 9.94. The molecule has 0 fully saturated rings. The van der Waals surface area contributed by atoms with Crippen LogP contribution in [0, 0.1) is 12.3 Å². The topological polar surface area (TPSA) is 77.0 Å². The number of rotatable bonds is 6. The van der Waals surface area contributed by atoms with Gasteiger partial charge in [0.15, 0.2) is 0 Å². The van der Waals surface area contributed by atoms with E-state index in [-0.39, 0.29) is 12.5 Å². The number of aromatic nitrogens is 3. The van der Waals surface area contributed by atoms with Gasteiger partial charge in [0.25, 0.3) is 0 Å². The number of hydrogen-bond acceptors (Lipinski definition) is 4. The van der Waals surface area contributed by atoms with Crippen molar-refractivity contribution in [3.63, 3.8) is 0 Å². The Morgan fingerprint density at radius 1 is 1.71 bits per heavy atom. The summed E-state index contributed by atoms with van der Waals surface area (Å²) in [7, 11) is 0. The van der Waals surface area contributed by atoms with Gasteiger partial charge in [-0.15, -0.1) is 11.5 Å². The van der Waals surface area contributed by atoms with Crippen molar-refractivity contribution in [2.24, 2.45) is 5.73 Å². The van der Waals surface area contributed by atoms with Crippen molar-refractivity contribution in [3.05, 3.63) is 11.9 Å². The van der Waals surface area contributed by atoms with Crippen LogP contribution in [0.3, 0.4) is 0 Å². The third kappa shape index (κ3) is 3.89. The molecule has 0 radical (unpaired) electrons. The van der Waals surface area contributed by atoms with Crippen LogP contribution in [0.2, 0.25) is 0 Å². The van der Waals surface area contributed by atoms with E-state index in [2.05, 4.69) is 16.2 Å². The van der Waals surface area contributed by atoms with Crippen LogP contribution in [0.15, 0.2) is 6.20 Å². The molecule has 0 aromatic carbocycles. The Kier molecular flexibility index (Phi) is 5.17. The molecule has 0 saturated heterocycles. The molecule has 0 spiro atoms. The molecule has 0 aliphatic carbocycles. The number of carbonyl (C=O) groups excluding carboxylic acids is 1. The quantitative estimate of drug-likeness (QED) is 0.681. The SMILES string of the molecule is C#CCN(CCC)C(=O)Cn1cc(CN)nn1. The highest BCUT2D eigenvalue weighted by Gasteiger charge is 2.12. The molecular formula is C11H17N5O. The maximum absolute atomic E-state index is 11.9. The summed E-state index contributed by atoms with van der Waals surface area (Å²) in [5.74, 6) is 2.42. The van der Waals surface area contributed by atoms with E-state index in [1.807, 2.05) is 6.92 Å². The summed E-state index contributed by atoms with van der Waals surface area (Å²) >= 11 is 0. The molecule has 0 unspecified atom stereocenters. The van der Waals surface area contributed by atoms with Crippen molar-refractivity contribution >= 4 is 5.91 Å². The van der Waals surface area contributed by atoms with Gasteiger partial charge in [0.2, 0.25) is 5.91 Å². The van der Waals surface area contributed by atoms with Gasteiger partial charge in [-0.3, -0.25) is 4.79 Å². The second kappa shape index (κ2) is 6.66. The summed E-state index contributed by atoms with van der Waals surface area (Å²) in [6.45, 7) is 3.44. The summed E-state index contributed by atoms with van der Waals surface area (Å²) in [5.41, 5.74) is 6.08. The maximum atomic E-state index is 11.9. The highest BCUT2D eigenvalue weighted by molar-refractivity contribution is 5.76. The second-order valence-electron chi connectivity index (χ2n) is 3.63. The van der Waals surface area contributed by atoms with Gasteiger partial charge in [-0.2, -0.15) is 0 Å². The molecule has 0 aliphatic rings. The molecule has 1 amide bonds. The first kappa shape index (κ1) is 13.2. The Bertz CT molecular complexity index is 406. The fraction of sp³-hybridized carbons (Fsp3) is 0.545. The molecule has 1 aromatic heterocycles. The standard InChI is InChI=1S/C11H17N5O/c1-3-5-15(6-4-2)11(17)9-16-8-10(7-12)13-14-16/h1,8H,4-7,9,12H2,2H3. The summed E-state index contributed by atoms with van der Waals surface area (Å²) in [6, 6.07) is 0. The van der Waals surface area contributed by atoms with Gasteiger partial charge in [0.1, 0.15) is 6.54 Å². The Balaban J connectivity index is 2.59. The smallest absolute Gasteiger partial charge is 0.245 e. The minimum absolute atomic E-state index is 0.0572. The first-order valence-electron chi connectivity index (χ1n) is 5.51. The molecule has 17 heavy (non-hydrogen) atoms. The lowest BCUT2D eigenvalue weighted by Gasteiger charge is -2.18. The van der Waals surface area contributed by atoms with Crippen LogP contribution in [-0.4, -0.2) is 38.9 Å². The molecule has 0 bridgehead atoms. The van der Waals surface area contributed by atoms with Gasteiger partial charge in [-0.05, 0) is 6.42 Å². The molecule has 1 heterocycles. The van der Waals surface area contributed by atoms with Crippen LogP contribution < -0.4 is 5.73 Å². The average molecular weight is 235 g/mol. The van der Waals surface area contributed by atoms with Crippen molar-refractivity contribution < 1.29 is 4.79 Å². The Morgan fingerprint density at radius 2 is 2.47 bits per heavy atom. The fourth-order valence-corrected chi connectivity index (χ4v) is 1.42. The predicted octanol–water partition coefficient (Wildman–Crippen LogP) is -0.391. The van der Waals surface area contributed by atoms with Gasteiger partial charge in [-0.1, -0.05) is 18.1 Å². The lowest BCUT2D eigenvalue weighted by molar-refractivity contribution is -0.131. The van der Waals surface area contributed by atoms with Crippen molar-refractivity contribution in [3.8, 4) is 12.3 Å². The van der Waals surface area contributed by atoms with E-state index >= 15 is 0 Å². The minimum Gasteiger partial charge on any atom is -0.330 e. The molecule has 1 aromatic rings. The Morgan fingerprint density at radius 3 is 3.00 bits per heavy atom. The van der Waals surface area contributed by atoms with E-state index in [0.29, 0.717) is 25.3 Å². The molecule has 6 nitrogen and oxygen atoms in total. The number of nitrogens with two attached hydrogens (primary N) is 1. The summed E-state index contributed by atoms with van der Waals surface area (Å²) in [6.07, 6.45) is 7.76. The molecule has 0 saturated carbocycles. The lowest BCUT2D eigenvalue weighted by atomic mass is 10.3. The fourth-order valence-electron chi connectivity index (χ4n) is 1.42. The number of carbonyl (C=O) groups is 1. The molecule has 2 N–H and O–H groups in total. The molecular weight excluding hydrogens is 218 g/mol. The average Bonchev–Trinajstić information content (AvgIpc) is 2.76. The first-order valence-corrected chi connectivity index (χ1v) is 5.51. The molecule has 0 atom stereocenters. The lowest BCUT2D eigenvalue weighted by Crippen LogP contribution is -2.35. The first-order chi connectivity index (χ1) is 8.21. The van der Waals surface area contributed by atoms with E-state index in [4.69, 9.17) is 12.2 Å². The zero-order valence-electron chi connectivity index (χ0n) is 9.96. The van der Waals surface area contributed by atoms with E-state index in [9.17, 15) is 4.79 Å². The van der Waals surface area contributed by atoms with Gasteiger partial charge in [0.05, 0.1) is 18.4 Å². The zero-order chi connectivity index (χ0) is 12.7. The van der Waals surface area contributed by atoms with Crippen molar-refractivity contribution in [1.82, 2.24) is 19.9 Å². The van der Waals surface area contributed by atoms with E-state index in [0.717, 1.165) is 6.42 Å². The van der Waals surface area contributed by atoms with Crippen LogP contribution in [0.5, 0.6) is 0 Å². The molecule has 6 heteroatoms. The summed E-state index contributed by atoms with van der Waals surface area (Å²) in [4.78, 5) is 13.5. The second-order valence-corrected chi connectivity index (χ2v) is 3.63. The van der Waals surface area contributed by atoms with Crippen LogP contribution in [0.4, 0.5) is 0 Å². The largest absolute Gasteiger partial charge is 0.330 e. The Hall–Kier alpha value is -1.87. The van der Waals surface area contributed by atoms with Crippen LogP contribution in [0.25, 0.3) is 0 Å². The van der Waals surface area contributed by atoms with E-state index < -0.39 is 0 Å². The number of terminal acetylenes is 1. The monoisotopic (exact) mass is 235 g/mol. The Labute approximate surface area is 101 Å². The third-order valence-electron chi connectivity index (χ3n) is 2.22. The third-order valence-corrected chi connectivity index (χ3v) is 2.22. The van der Waals surface area contributed by atoms with Gasteiger partial charge < -0.3 is 10.6 Å². The van der Waals surface area contributed by atoms with Crippen LogP contribution in [-0.2, 0) is 17.9 Å². The van der Waals surface area contributed by atoms with Gasteiger partial charge >= 0.3 is 0 Å². The predicted molar refractivity (Wildman–Crippen MR) is 63.6 cm³/mol. The number of amides is 1. The molecule has 1 rings (SSSR count). The van der Waals surface area contributed by atoms with Gasteiger partial charge in [0, 0.05) is 13.1 Å². The van der Waals surface area contributed by atoms with E-state index in [1.54, 1.807) is 11.1 Å². The van der Waals surface area contributed by atoms with Crippen molar-refractivity contribution in [2.45, 2.75) is 26.4 Å². The van der Waals surface area contributed by atoms with Crippen molar-refractivity contribution in [2.75, 3.05) is 13.1 Å². The van der Waals surface area contributed by atoms with Crippen LogP contribution >= 0.6 is 0 Å². The van der Waals surface area contributed by atoms with Crippen LogP contribution in [0.1, 0.15) is 19.0 Å². The molecule has 92 valence electrons. The van der Waals surface area contributed by atoms with Crippen molar-refractivity contribution in [1.29, 1.82) is 0 Å². The summed E-state index contributed by atoms with van der Waals surface area (Å²) in [5, 5.41) is 7.63. The van der Waals surface area contributed by atoms with E-state index in [1.165, 1.54) is 4.68 Å². The number of nitrogens with zero attached hydrogens (tertiary/aromatic N) is 4. The highest BCUT2D eigenvalue weighted by atomic mass is 16.2. The molecule has 0 aliphatic heterocycles. The summed E-state index contributed by atoms with van der Waals surface area (Å²) < 4.78 is 1.48. The maximum Gasteiger partial charge on any atom is 0.245 e. The minimum atomic E-state index is -0.0572.